The van der Waals surface area contributed by atoms with Gasteiger partial charge in [0, 0.05) is 5.39 Å². The van der Waals surface area contributed by atoms with E-state index in [-0.39, 0.29) is 5.82 Å². The summed E-state index contributed by atoms with van der Waals surface area (Å²) >= 11 is 0. The Bertz CT molecular complexity index is 462. The van der Waals surface area contributed by atoms with E-state index in [1.54, 1.807) is 6.07 Å². The minimum atomic E-state index is -0.225. The van der Waals surface area contributed by atoms with Crippen molar-refractivity contribution in [1.29, 1.82) is 0 Å². The Hall–Kier alpha value is -1.35. The summed E-state index contributed by atoms with van der Waals surface area (Å²) in [6, 6.07) is 4.58. The summed E-state index contributed by atoms with van der Waals surface area (Å²) in [5, 5.41) is 3.87. The number of nitrogens with one attached hydrogen (secondary N) is 1. The molecule has 0 aliphatic carbocycles. The van der Waals surface area contributed by atoms with Crippen molar-refractivity contribution in [3.63, 3.8) is 0 Å². The first-order valence-electron chi connectivity index (χ1n) is 4.54. The lowest BCUT2D eigenvalue weighted by molar-refractivity contribution is 0.526. The molecule has 0 aliphatic heterocycles. The van der Waals surface area contributed by atoms with Crippen LogP contribution in [0.4, 0.5) is 4.39 Å². The van der Waals surface area contributed by atoms with Crippen LogP contribution in [0.1, 0.15) is 11.3 Å². The van der Waals surface area contributed by atoms with Gasteiger partial charge in [-0.3, -0.25) is 0 Å². The van der Waals surface area contributed by atoms with Gasteiger partial charge in [0.05, 0.1) is 6.54 Å². The number of hydrogen-bond donors (Lipinski definition) is 1. The molecule has 1 aromatic carbocycles. The van der Waals surface area contributed by atoms with Gasteiger partial charge in [0.15, 0.2) is 0 Å². The van der Waals surface area contributed by atoms with E-state index in [0.717, 1.165) is 22.3 Å². The molecule has 1 heterocycles. The summed E-state index contributed by atoms with van der Waals surface area (Å²) in [7, 11) is 1.85. The Balaban J connectivity index is 2.62. The molecule has 14 heavy (non-hydrogen) atoms. The highest BCUT2D eigenvalue weighted by Crippen LogP contribution is 2.25. The topological polar surface area (TPSA) is 25.2 Å². The molecule has 0 unspecified atom stereocenters. The fourth-order valence-electron chi connectivity index (χ4n) is 1.57. The molecule has 2 rings (SSSR count). The van der Waals surface area contributed by atoms with Crippen LogP contribution < -0.4 is 5.32 Å². The van der Waals surface area contributed by atoms with E-state index < -0.39 is 0 Å². The summed E-state index contributed by atoms with van der Waals surface area (Å²) in [5.74, 6) is 0.644. The first-order valence-corrected chi connectivity index (χ1v) is 4.54. The third kappa shape index (κ3) is 1.40. The van der Waals surface area contributed by atoms with Crippen molar-refractivity contribution in [2.24, 2.45) is 0 Å². The molecule has 0 amide bonds. The average molecular weight is 193 g/mol. The van der Waals surface area contributed by atoms with Crippen molar-refractivity contribution in [1.82, 2.24) is 5.32 Å². The minimum Gasteiger partial charge on any atom is -0.459 e. The number of rotatable bonds is 2. The summed E-state index contributed by atoms with van der Waals surface area (Å²) in [6.45, 7) is 2.61. The summed E-state index contributed by atoms with van der Waals surface area (Å²) < 4.78 is 18.5. The predicted octanol–water partition coefficient (Wildman–Crippen LogP) is 2.60. The maximum absolute atomic E-state index is 13.0. The first kappa shape index (κ1) is 9.21. The largest absolute Gasteiger partial charge is 0.459 e. The number of fused-ring (bicyclic) bond motifs is 1. The second-order valence-corrected chi connectivity index (χ2v) is 3.32. The predicted molar refractivity (Wildman–Crippen MR) is 53.7 cm³/mol. The smallest absolute Gasteiger partial charge is 0.134 e. The van der Waals surface area contributed by atoms with Crippen LogP contribution in [0.2, 0.25) is 0 Å². The zero-order valence-electron chi connectivity index (χ0n) is 8.23. The maximum atomic E-state index is 13.0. The monoisotopic (exact) mass is 193 g/mol. The highest BCUT2D eigenvalue weighted by atomic mass is 19.1. The van der Waals surface area contributed by atoms with E-state index >= 15 is 0 Å². The standard InChI is InChI=1S/C11H12FNO/c1-7-9-5-8(12)3-4-10(9)14-11(7)6-13-2/h3-5,13H,6H2,1-2H3. The SMILES string of the molecule is CNCc1oc2ccc(F)cc2c1C. The van der Waals surface area contributed by atoms with Gasteiger partial charge in [-0.25, -0.2) is 4.39 Å². The van der Waals surface area contributed by atoms with E-state index in [1.807, 2.05) is 14.0 Å². The van der Waals surface area contributed by atoms with E-state index in [1.165, 1.54) is 12.1 Å². The number of halogens is 1. The molecule has 3 heteroatoms. The molecule has 0 atom stereocenters. The van der Waals surface area contributed by atoms with Crippen molar-refractivity contribution in [3.8, 4) is 0 Å². The van der Waals surface area contributed by atoms with Crippen LogP contribution in [-0.4, -0.2) is 7.05 Å². The van der Waals surface area contributed by atoms with Gasteiger partial charge in [0.2, 0.25) is 0 Å². The molecule has 2 aromatic rings. The summed E-state index contributed by atoms with van der Waals surface area (Å²) in [4.78, 5) is 0. The molecule has 0 saturated carbocycles. The number of hydrogen-bond acceptors (Lipinski definition) is 2. The number of benzene rings is 1. The zero-order chi connectivity index (χ0) is 10.1. The lowest BCUT2D eigenvalue weighted by atomic mass is 10.1. The lowest BCUT2D eigenvalue weighted by Crippen LogP contribution is -2.04. The van der Waals surface area contributed by atoms with Gasteiger partial charge in [-0.1, -0.05) is 0 Å². The normalized spacial score (nSPS) is 11.1. The first-order chi connectivity index (χ1) is 6.72. The van der Waals surface area contributed by atoms with Crippen molar-refractivity contribution >= 4 is 11.0 Å². The Morgan fingerprint density at radius 2 is 2.21 bits per heavy atom. The molecular formula is C11H12FNO. The molecule has 0 aliphatic rings. The third-order valence-electron chi connectivity index (χ3n) is 2.33. The van der Waals surface area contributed by atoms with Gasteiger partial charge in [0.25, 0.3) is 0 Å². The number of furan rings is 1. The Labute approximate surface area is 81.7 Å². The third-order valence-corrected chi connectivity index (χ3v) is 2.33. The van der Waals surface area contributed by atoms with Gasteiger partial charge in [0.1, 0.15) is 17.2 Å². The molecule has 74 valence electrons. The molecule has 2 nitrogen and oxygen atoms in total. The maximum Gasteiger partial charge on any atom is 0.134 e. The molecule has 0 bridgehead atoms. The fraction of sp³-hybridized carbons (Fsp3) is 0.273. The van der Waals surface area contributed by atoms with Crippen LogP contribution in [0.3, 0.4) is 0 Å². The van der Waals surface area contributed by atoms with Crippen LogP contribution in [0.5, 0.6) is 0 Å². The second-order valence-electron chi connectivity index (χ2n) is 3.32. The van der Waals surface area contributed by atoms with Gasteiger partial charge < -0.3 is 9.73 Å². The Kier molecular flexibility index (Phi) is 2.25. The molecule has 0 fully saturated rings. The van der Waals surface area contributed by atoms with Crippen LogP contribution in [0.25, 0.3) is 11.0 Å². The quantitative estimate of drug-likeness (QED) is 0.793. The highest BCUT2D eigenvalue weighted by Gasteiger charge is 2.09. The molecule has 0 saturated heterocycles. The van der Waals surface area contributed by atoms with Gasteiger partial charge in [-0.05, 0) is 37.7 Å². The number of aryl methyl sites for hydroxylation is 1. The molecule has 1 aromatic heterocycles. The molecule has 0 radical (unpaired) electrons. The van der Waals surface area contributed by atoms with Crippen LogP contribution in [0, 0.1) is 12.7 Å². The van der Waals surface area contributed by atoms with E-state index in [2.05, 4.69) is 5.32 Å². The fourth-order valence-corrected chi connectivity index (χ4v) is 1.57. The van der Waals surface area contributed by atoms with E-state index in [0.29, 0.717) is 6.54 Å². The van der Waals surface area contributed by atoms with Crippen LogP contribution in [-0.2, 0) is 6.54 Å². The van der Waals surface area contributed by atoms with Crippen LogP contribution >= 0.6 is 0 Å². The summed E-state index contributed by atoms with van der Waals surface area (Å²) in [5.41, 5.74) is 1.75. The van der Waals surface area contributed by atoms with Crippen molar-refractivity contribution in [3.05, 3.63) is 35.3 Å². The summed E-state index contributed by atoms with van der Waals surface area (Å²) in [6.07, 6.45) is 0. The van der Waals surface area contributed by atoms with Gasteiger partial charge >= 0.3 is 0 Å². The van der Waals surface area contributed by atoms with E-state index in [4.69, 9.17) is 4.42 Å². The highest BCUT2D eigenvalue weighted by molar-refractivity contribution is 5.81. The van der Waals surface area contributed by atoms with Crippen molar-refractivity contribution in [2.75, 3.05) is 7.05 Å². The molecule has 1 N–H and O–H groups in total. The minimum absolute atomic E-state index is 0.225. The average Bonchev–Trinajstić information content (AvgIpc) is 2.46. The van der Waals surface area contributed by atoms with Crippen molar-refractivity contribution < 1.29 is 8.81 Å². The van der Waals surface area contributed by atoms with Crippen LogP contribution in [0.15, 0.2) is 22.6 Å². The second kappa shape index (κ2) is 3.42. The van der Waals surface area contributed by atoms with Gasteiger partial charge in [-0.2, -0.15) is 0 Å². The molecular weight excluding hydrogens is 181 g/mol. The van der Waals surface area contributed by atoms with Crippen molar-refractivity contribution in [2.45, 2.75) is 13.5 Å². The zero-order valence-corrected chi connectivity index (χ0v) is 8.23. The van der Waals surface area contributed by atoms with Gasteiger partial charge in [-0.15, -0.1) is 0 Å². The Morgan fingerprint density at radius 3 is 2.93 bits per heavy atom. The van der Waals surface area contributed by atoms with E-state index in [9.17, 15) is 4.39 Å². The Morgan fingerprint density at radius 1 is 1.43 bits per heavy atom. The lowest BCUT2D eigenvalue weighted by Gasteiger charge is -1.94. The molecule has 0 spiro atoms.